The molecule has 0 bridgehead atoms. The molecule has 0 aliphatic carbocycles. The second-order valence-electron chi connectivity index (χ2n) is 4.89. The van der Waals surface area contributed by atoms with E-state index in [1.165, 1.54) is 5.56 Å². The van der Waals surface area contributed by atoms with Crippen molar-refractivity contribution in [3.05, 3.63) is 62.5 Å². The number of benzene rings is 2. The third-order valence-corrected chi connectivity index (χ3v) is 4.36. The van der Waals surface area contributed by atoms with E-state index in [1.54, 1.807) is 0 Å². The summed E-state index contributed by atoms with van der Waals surface area (Å²) in [4.78, 5) is 0. The van der Waals surface area contributed by atoms with Crippen molar-refractivity contribution < 1.29 is 4.74 Å². The molecule has 0 aromatic heterocycles. The molecule has 0 aliphatic rings. The zero-order valence-corrected chi connectivity index (χ0v) is 15.4. The lowest BCUT2D eigenvalue weighted by atomic mass is 10.1. The van der Waals surface area contributed by atoms with Crippen molar-refractivity contribution >= 4 is 31.9 Å². The van der Waals surface area contributed by atoms with Crippen LogP contribution in [-0.2, 0) is 6.61 Å². The maximum Gasteiger partial charge on any atom is 0.134 e. The molecule has 4 heteroatoms. The fraction of sp³-hybridized carbons (Fsp3) is 0.294. The summed E-state index contributed by atoms with van der Waals surface area (Å²) in [6.07, 6.45) is 0. The zero-order valence-electron chi connectivity index (χ0n) is 12.2. The summed E-state index contributed by atoms with van der Waals surface area (Å²) >= 11 is 7.06. The van der Waals surface area contributed by atoms with Crippen molar-refractivity contribution in [3.8, 4) is 5.75 Å². The van der Waals surface area contributed by atoms with Gasteiger partial charge in [0.15, 0.2) is 0 Å². The minimum Gasteiger partial charge on any atom is -0.488 e. The van der Waals surface area contributed by atoms with E-state index in [1.807, 2.05) is 18.2 Å². The molecule has 0 saturated carbocycles. The largest absolute Gasteiger partial charge is 0.488 e. The summed E-state index contributed by atoms with van der Waals surface area (Å²) in [6, 6.07) is 14.7. The molecule has 0 heterocycles. The highest BCUT2D eigenvalue weighted by atomic mass is 79.9. The predicted octanol–water partition coefficient (Wildman–Crippen LogP) is 5.46. The van der Waals surface area contributed by atoms with Gasteiger partial charge in [0.1, 0.15) is 12.4 Å². The van der Waals surface area contributed by atoms with Crippen molar-refractivity contribution in [2.24, 2.45) is 0 Å². The average Bonchev–Trinajstić information content (AvgIpc) is 2.46. The van der Waals surface area contributed by atoms with Gasteiger partial charge in [0.25, 0.3) is 0 Å². The summed E-state index contributed by atoms with van der Waals surface area (Å²) in [5, 5.41) is 3.41. The van der Waals surface area contributed by atoms with E-state index in [4.69, 9.17) is 4.74 Å². The van der Waals surface area contributed by atoms with Crippen LogP contribution in [0.15, 0.2) is 51.4 Å². The van der Waals surface area contributed by atoms with Crippen LogP contribution in [0.4, 0.5) is 0 Å². The van der Waals surface area contributed by atoms with E-state index in [2.05, 4.69) is 75.3 Å². The van der Waals surface area contributed by atoms with Crippen LogP contribution in [0.25, 0.3) is 0 Å². The fourth-order valence-corrected chi connectivity index (χ4v) is 3.07. The molecular formula is C17H19Br2NO. The van der Waals surface area contributed by atoms with Gasteiger partial charge in [-0.15, -0.1) is 0 Å². The molecule has 0 fully saturated rings. The first-order valence-corrected chi connectivity index (χ1v) is 8.59. The summed E-state index contributed by atoms with van der Waals surface area (Å²) in [5.41, 5.74) is 2.39. The van der Waals surface area contributed by atoms with Crippen LogP contribution < -0.4 is 10.1 Å². The van der Waals surface area contributed by atoms with E-state index in [0.29, 0.717) is 12.6 Å². The van der Waals surface area contributed by atoms with Gasteiger partial charge in [0.2, 0.25) is 0 Å². The number of ether oxygens (including phenoxy) is 1. The Labute approximate surface area is 143 Å². The molecule has 0 saturated heterocycles. The number of halogens is 2. The zero-order chi connectivity index (χ0) is 15.2. The van der Waals surface area contributed by atoms with Gasteiger partial charge in [-0.3, -0.25) is 0 Å². The Morgan fingerprint density at radius 2 is 1.95 bits per heavy atom. The molecule has 2 aromatic rings. The van der Waals surface area contributed by atoms with Gasteiger partial charge in [0.05, 0.1) is 4.47 Å². The van der Waals surface area contributed by atoms with Crippen LogP contribution in [0.3, 0.4) is 0 Å². The molecule has 2 rings (SSSR count). The quantitative estimate of drug-likeness (QED) is 0.679. The van der Waals surface area contributed by atoms with Gasteiger partial charge in [0, 0.05) is 10.5 Å². The van der Waals surface area contributed by atoms with Crippen LogP contribution in [-0.4, -0.2) is 6.54 Å². The van der Waals surface area contributed by atoms with Gasteiger partial charge in [-0.2, -0.15) is 0 Å². The summed E-state index contributed by atoms with van der Waals surface area (Å²) < 4.78 is 7.94. The number of hydrogen-bond acceptors (Lipinski definition) is 2. The maximum atomic E-state index is 5.88. The Bertz CT molecular complexity index is 601. The molecule has 2 aromatic carbocycles. The Balaban J connectivity index is 2.04. The van der Waals surface area contributed by atoms with E-state index < -0.39 is 0 Å². The highest BCUT2D eigenvalue weighted by Crippen LogP contribution is 2.29. The van der Waals surface area contributed by atoms with Gasteiger partial charge in [-0.05, 0) is 64.8 Å². The molecule has 1 N–H and O–H groups in total. The number of rotatable bonds is 6. The Morgan fingerprint density at radius 3 is 2.62 bits per heavy atom. The smallest absolute Gasteiger partial charge is 0.134 e. The van der Waals surface area contributed by atoms with Crippen LogP contribution in [0, 0.1) is 0 Å². The standard InChI is InChI=1S/C17H19Br2NO/c1-3-20-12(2)14-7-8-17(16(19)10-14)21-11-13-5-4-6-15(18)9-13/h4-10,12,20H,3,11H2,1-2H3. The molecule has 21 heavy (non-hydrogen) atoms. The molecule has 1 unspecified atom stereocenters. The van der Waals surface area contributed by atoms with Crippen LogP contribution in [0.1, 0.15) is 31.0 Å². The van der Waals surface area contributed by atoms with Crippen molar-refractivity contribution in [3.63, 3.8) is 0 Å². The minimum atomic E-state index is 0.338. The first-order valence-electron chi connectivity index (χ1n) is 7.00. The molecule has 0 aliphatic heterocycles. The third kappa shape index (κ3) is 4.83. The first kappa shape index (κ1) is 16.5. The lowest BCUT2D eigenvalue weighted by Crippen LogP contribution is -2.17. The topological polar surface area (TPSA) is 21.3 Å². The molecule has 1 atom stereocenters. The minimum absolute atomic E-state index is 0.338. The van der Waals surface area contributed by atoms with E-state index in [0.717, 1.165) is 26.8 Å². The predicted molar refractivity (Wildman–Crippen MR) is 94.7 cm³/mol. The van der Waals surface area contributed by atoms with E-state index in [-0.39, 0.29) is 0 Å². The summed E-state index contributed by atoms with van der Waals surface area (Å²) in [7, 11) is 0. The molecule has 0 amide bonds. The van der Waals surface area contributed by atoms with Crippen molar-refractivity contribution in [2.75, 3.05) is 6.54 Å². The van der Waals surface area contributed by atoms with Crippen molar-refractivity contribution in [2.45, 2.75) is 26.5 Å². The second kappa shape index (κ2) is 7.97. The maximum absolute atomic E-state index is 5.88. The summed E-state index contributed by atoms with van der Waals surface area (Å²) in [6.45, 7) is 5.79. The van der Waals surface area contributed by atoms with Crippen molar-refractivity contribution in [1.29, 1.82) is 0 Å². The Morgan fingerprint density at radius 1 is 1.14 bits per heavy atom. The highest BCUT2D eigenvalue weighted by Gasteiger charge is 2.08. The van der Waals surface area contributed by atoms with Crippen molar-refractivity contribution in [1.82, 2.24) is 5.32 Å². The molecular weight excluding hydrogens is 394 g/mol. The van der Waals surface area contributed by atoms with Crippen LogP contribution >= 0.6 is 31.9 Å². The number of hydrogen-bond donors (Lipinski definition) is 1. The lowest BCUT2D eigenvalue weighted by molar-refractivity contribution is 0.304. The van der Waals surface area contributed by atoms with Gasteiger partial charge in [-0.25, -0.2) is 0 Å². The Hall–Kier alpha value is -0.840. The molecule has 112 valence electrons. The molecule has 2 nitrogen and oxygen atoms in total. The van der Waals surface area contributed by atoms with E-state index in [9.17, 15) is 0 Å². The highest BCUT2D eigenvalue weighted by molar-refractivity contribution is 9.10. The average molecular weight is 413 g/mol. The first-order chi connectivity index (χ1) is 10.1. The lowest BCUT2D eigenvalue weighted by Gasteiger charge is -2.15. The van der Waals surface area contributed by atoms with Gasteiger partial charge >= 0.3 is 0 Å². The van der Waals surface area contributed by atoms with Crippen LogP contribution in [0.5, 0.6) is 5.75 Å². The normalized spacial score (nSPS) is 12.2. The third-order valence-electron chi connectivity index (χ3n) is 3.25. The molecule has 0 radical (unpaired) electrons. The molecule has 0 spiro atoms. The monoisotopic (exact) mass is 411 g/mol. The fourth-order valence-electron chi connectivity index (χ4n) is 2.12. The SMILES string of the molecule is CCNC(C)c1ccc(OCc2cccc(Br)c2)c(Br)c1. The van der Waals surface area contributed by atoms with Crippen LogP contribution in [0.2, 0.25) is 0 Å². The summed E-state index contributed by atoms with van der Waals surface area (Å²) in [5.74, 6) is 0.863. The van der Waals surface area contributed by atoms with E-state index >= 15 is 0 Å². The van der Waals surface area contributed by atoms with Gasteiger partial charge < -0.3 is 10.1 Å². The second-order valence-corrected chi connectivity index (χ2v) is 6.66. The Kier molecular flexibility index (Phi) is 6.27. The van der Waals surface area contributed by atoms with Gasteiger partial charge in [-0.1, -0.05) is 41.1 Å². The number of nitrogens with one attached hydrogen (secondary N) is 1.